The van der Waals surface area contributed by atoms with Crippen molar-refractivity contribution in [1.29, 1.82) is 0 Å². The van der Waals surface area contributed by atoms with E-state index in [4.69, 9.17) is 4.74 Å². The van der Waals surface area contributed by atoms with Gasteiger partial charge in [-0.25, -0.2) is 0 Å². The van der Waals surface area contributed by atoms with E-state index in [1.54, 1.807) is 0 Å². The second kappa shape index (κ2) is 4.47. The summed E-state index contributed by atoms with van der Waals surface area (Å²) in [5, 5.41) is 0. The van der Waals surface area contributed by atoms with Gasteiger partial charge in [0.1, 0.15) is 0 Å². The lowest BCUT2D eigenvalue weighted by atomic mass is 10.1. The first-order valence-electron chi connectivity index (χ1n) is 5.92. The normalized spacial score (nSPS) is 25.7. The molecule has 0 saturated carbocycles. The lowest BCUT2D eigenvalue weighted by molar-refractivity contribution is 0.0187. The van der Waals surface area contributed by atoms with Crippen molar-refractivity contribution < 1.29 is 4.74 Å². The van der Waals surface area contributed by atoms with Gasteiger partial charge < -0.3 is 4.74 Å². The van der Waals surface area contributed by atoms with E-state index in [0.29, 0.717) is 6.04 Å². The minimum absolute atomic E-state index is 0.702. The largest absolute Gasteiger partial charge is 0.379 e. The van der Waals surface area contributed by atoms with Crippen molar-refractivity contribution in [1.82, 2.24) is 4.90 Å². The molecule has 0 unspecified atom stereocenters. The number of fused-ring (bicyclic) bond motifs is 1. The number of rotatable bonds is 1. The third-order valence-corrected chi connectivity index (χ3v) is 4.13. The zero-order chi connectivity index (χ0) is 11.0. The summed E-state index contributed by atoms with van der Waals surface area (Å²) in [5.41, 5.74) is 3.05. The Bertz CT molecular complexity index is 388. The Balaban J connectivity index is 1.74. The SMILES string of the molecule is Brc1ccc2c(c1)C[C@@H](N1CCOCC1)C2. The van der Waals surface area contributed by atoms with E-state index in [2.05, 4.69) is 39.0 Å². The Hall–Kier alpha value is -0.380. The maximum Gasteiger partial charge on any atom is 0.0594 e. The molecule has 1 saturated heterocycles. The smallest absolute Gasteiger partial charge is 0.0594 e. The van der Waals surface area contributed by atoms with Gasteiger partial charge in [-0.05, 0) is 36.1 Å². The van der Waals surface area contributed by atoms with Gasteiger partial charge in [0.05, 0.1) is 13.2 Å². The maximum absolute atomic E-state index is 5.41. The Labute approximate surface area is 105 Å². The van der Waals surface area contributed by atoms with Crippen molar-refractivity contribution in [3.8, 4) is 0 Å². The minimum atomic E-state index is 0.702. The molecule has 0 radical (unpaired) electrons. The molecule has 0 N–H and O–H groups in total. The molecule has 1 aliphatic heterocycles. The van der Waals surface area contributed by atoms with Crippen LogP contribution in [-0.4, -0.2) is 37.2 Å². The zero-order valence-corrected chi connectivity index (χ0v) is 10.9. The van der Waals surface area contributed by atoms with Gasteiger partial charge in [-0.3, -0.25) is 4.90 Å². The third kappa shape index (κ3) is 2.04. The number of nitrogens with zero attached hydrogens (tertiary/aromatic N) is 1. The fraction of sp³-hybridized carbons (Fsp3) is 0.538. The molecule has 0 aromatic heterocycles. The average molecular weight is 282 g/mol. The quantitative estimate of drug-likeness (QED) is 0.783. The highest BCUT2D eigenvalue weighted by Crippen LogP contribution is 2.28. The molecule has 1 heterocycles. The topological polar surface area (TPSA) is 12.5 Å². The van der Waals surface area contributed by atoms with E-state index in [0.717, 1.165) is 26.3 Å². The van der Waals surface area contributed by atoms with Gasteiger partial charge in [0.2, 0.25) is 0 Å². The monoisotopic (exact) mass is 281 g/mol. The van der Waals surface area contributed by atoms with Gasteiger partial charge in [-0.2, -0.15) is 0 Å². The number of hydrogen-bond donors (Lipinski definition) is 0. The molecule has 16 heavy (non-hydrogen) atoms. The summed E-state index contributed by atoms with van der Waals surface area (Å²) in [6.45, 7) is 3.99. The Kier molecular flexibility index (Phi) is 3.01. The summed E-state index contributed by atoms with van der Waals surface area (Å²) in [6, 6.07) is 7.39. The molecule has 86 valence electrons. The van der Waals surface area contributed by atoms with Crippen LogP contribution < -0.4 is 0 Å². The number of halogens is 1. The van der Waals surface area contributed by atoms with Crippen LogP contribution in [0.5, 0.6) is 0 Å². The minimum Gasteiger partial charge on any atom is -0.379 e. The molecule has 2 nitrogen and oxygen atoms in total. The van der Waals surface area contributed by atoms with E-state index >= 15 is 0 Å². The molecule has 1 aromatic carbocycles. The molecule has 0 bridgehead atoms. The molecular weight excluding hydrogens is 266 g/mol. The lowest BCUT2D eigenvalue weighted by Gasteiger charge is -2.32. The summed E-state index contributed by atoms with van der Waals surface area (Å²) in [6.07, 6.45) is 2.41. The van der Waals surface area contributed by atoms with E-state index in [9.17, 15) is 0 Å². The van der Waals surface area contributed by atoms with Crippen LogP contribution in [0.25, 0.3) is 0 Å². The first-order valence-corrected chi connectivity index (χ1v) is 6.71. The Morgan fingerprint density at radius 1 is 1.12 bits per heavy atom. The first-order chi connectivity index (χ1) is 7.83. The molecule has 1 fully saturated rings. The van der Waals surface area contributed by atoms with Gasteiger partial charge in [0, 0.05) is 23.6 Å². The van der Waals surface area contributed by atoms with Crippen molar-refractivity contribution in [2.45, 2.75) is 18.9 Å². The molecule has 2 aliphatic rings. The van der Waals surface area contributed by atoms with Crippen molar-refractivity contribution in [2.24, 2.45) is 0 Å². The van der Waals surface area contributed by atoms with Crippen LogP contribution in [0.1, 0.15) is 11.1 Å². The number of benzene rings is 1. The van der Waals surface area contributed by atoms with Crippen LogP contribution in [0.2, 0.25) is 0 Å². The van der Waals surface area contributed by atoms with Crippen molar-refractivity contribution >= 4 is 15.9 Å². The maximum atomic E-state index is 5.41. The van der Waals surface area contributed by atoms with Crippen LogP contribution >= 0.6 is 15.9 Å². The summed E-state index contributed by atoms with van der Waals surface area (Å²) in [7, 11) is 0. The van der Waals surface area contributed by atoms with Crippen LogP contribution in [0.4, 0.5) is 0 Å². The number of hydrogen-bond acceptors (Lipinski definition) is 2. The van der Waals surface area contributed by atoms with Crippen LogP contribution in [0, 0.1) is 0 Å². The summed E-state index contributed by atoms with van der Waals surface area (Å²) >= 11 is 3.55. The van der Waals surface area contributed by atoms with Crippen molar-refractivity contribution in [2.75, 3.05) is 26.3 Å². The second-order valence-corrected chi connectivity index (χ2v) is 5.54. The van der Waals surface area contributed by atoms with Crippen LogP contribution in [0.15, 0.2) is 22.7 Å². The predicted octanol–water partition coefficient (Wildman–Crippen LogP) is 2.25. The van der Waals surface area contributed by atoms with Crippen molar-refractivity contribution in [3.63, 3.8) is 0 Å². The molecule has 1 aliphatic carbocycles. The number of morpholine rings is 1. The molecule has 0 spiro atoms. The highest BCUT2D eigenvalue weighted by Gasteiger charge is 2.27. The van der Waals surface area contributed by atoms with Crippen molar-refractivity contribution in [3.05, 3.63) is 33.8 Å². The van der Waals surface area contributed by atoms with E-state index in [-0.39, 0.29) is 0 Å². The fourth-order valence-corrected chi connectivity index (χ4v) is 3.17. The molecular formula is C13H16BrNO. The molecule has 1 aromatic rings. The summed E-state index contributed by atoms with van der Waals surface area (Å²) in [5.74, 6) is 0. The lowest BCUT2D eigenvalue weighted by Crippen LogP contribution is -2.43. The highest BCUT2D eigenvalue weighted by atomic mass is 79.9. The highest BCUT2D eigenvalue weighted by molar-refractivity contribution is 9.10. The summed E-state index contributed by atoms with van der Waals surface area (Å²) in [4.78, 5) is 2.58. The van der Waals surface area contributed by atoms with Gasteiger partial charge in [0.25, 0.3) is 0 Å². The zero-order valence-electron chi connectivity index (χ0n) is 9.29. The van der Waals surface area contributed by atoms with E-state index in [1.165, 1.54) is 28.4 Å². The molecule has 3 rings (SSSR count). The first kappa shape index (κ1) is 10.8. The third-order valence-electron chi connectivity index (χ3n) is 3.64. The van der Waals surface area contributed by atoms with Crippen LogP contribution in [-0.2, 0) is 17.6 Å². The van der Waals surface area contributed by atoms with Gasteiger partial charge in [0.15, 0.2) is 0 Å². The Morgan fingerprint density at radius 3 is 2.69 bits per heavy atom. The predicted molar refractivity (Wildman–Crippen MR) is 67.7 cm³/mol. The molecule has 0 amide bonds. The number of ether oxygens (including phenoxy) is 1. The average Bonchev–Trinajstić information content (AvgIpc) is 2.73. The molecule has 1 atom stereocenters. The Morgan fingerprint density at radius 2 is 1.88 bits per heavy atom. The van der Waals surface area contributed by atoms with E-state index < -0.39 is 0 Å². The summed E-state index contributed by atoms with van der Waals surface area (Å²) < 4.78 is 6.61. The van der Waals surface area contributed by atoms with Crippen LogP contribution in [0.3, 0.4) is 0 Å². The van der Waals surface area contributed by atoms with Gasteiger partial charge in [-0.1, -0.05) is 22.0 Å². The fourth-order valence-electron chi connectivity index (χ4n) is 2.76. The standard InChI is InChI=1S/C13H16BrNO/c14-12-2-1-10-8-13(9-11(10)7-12)15-3-5-16-6-4-15/h1-2,7,13H,3-6,8-9H2/t13-/m0/s1. The van der Waals surface area contributed by atoms with Gasteiger partial charge in [-0.15, -0.1) is 0 Å². The second-order valence-electron chi connectivity index (χ2n) is 4.62. The molecule has 3 heteroatoms. The van der Waals surface area contributed by atoms with E-state index in [1.807, 2.05) is 0 Å². The van der Waals surface area contributed by atoms with Gasteiger partial charge >= 0.3 is 0 Å².